The van der Waals surface area contributed by atoms with E-state index in [1.54, 1.807) is 18.3 Å². The molecule has 2 aliphatic heterocycles. The van der Waals surface area contributed by atoms with E-state index < -0.39 is 15.2 Å². The van der Waals surface area contributed by atoms with Crippen molar-refractivity contribution in [2.75, 3.05) is 18.8 Å². The van der Waals surface area contributed by atoms with E-state index in [0.29, 0.717) is 40.0 Å². The van der Waals surface area contributed by atoms with Gasteiger partial charge in [-0.2, -0.15) is 5.10 Å². The maximum Gasteiger partial charge on any atom is 0.230 e. The number of nitrogens with one attached hydrogen (secondary N) is 1. The molecule has 5 heterocycles. The van der Waals surface area contributed by atoms with Gasteiger partial charge in [-0.05, 0) is 55.3 Å². The van der Waals surface area contributed by atoms with Crippen LogP contribution in [0.3, 0.4) is 0 Å². The molecule has 8 nitrogen and oxygen atoms in total. The number of hydrogen-bond acceptors (Lipinski definition) is 7. The maximum absolute atomic E-state index is 13.6. The number of furan rings is 1. The fraction of sp³-hybridized carbons (Fsp3) is 0.261. The summed E-state index contributed by atoms with van der Waals surface area (Å²) in [5, 5.41) is 7.90. The Kier molecular flexibility index (Phi) is 4.66. The molecule has 1 aromatic carbocycles. The van der Waals surface area contributed by atoms with Gasteiger partial charge in [-0.15, -0.1) is 0 Å². The van der Waals surface area contributed by atoms with Gasteiger partial charge in [-0.1, -0.05) is 6.08 Å². The minimum atomic E-state index is -3.23. The lowest BCUT2D eigenvalue weighted by Gasteiger charge is -2.25. The first-order chi connectivity index (χ1) is 16.0. The molecule has 2 aliphatic rings. The Labute approximate surface area is 189 Å². The summed E-state index contributed by atoms with van der Waals surface area (Å²) in [6, 6.07) is 7.88. The van der Waals surface area contributed by atoms with Crippen molar-refractivity contribution in [3.05, 3.63) is 60.5 Å². The standard InChI is InChI=1S/C23H20FN5O3S/c24-16-3-1-15(2-4-16)21-18(12-29(28-21)20-7-10-33(20,30)31)22-17-11-19(14-5-8-25-9-6-14)32-23(17)27-13-26-22/h1-5,11-13,20,25H,6-10H2. The number of sulfone groups is 1. The quantitative estimate of drug-likeness (QED) is 0.491. The Morgan fingerprint density at radius 2 is 2.00 bits per heavy atom. The van der Waals surface area contributed by atoms with Crippen molar-refractivity contribution in [1.29, 1.82) is 0 Å². The lowest BCUT2D eigenvalue weighted by atomic mass is 10.0. The van der Waals surface area contributed by atoms with Crippen LogP contribution in [0.25, 0.3) is 39.2 Å². The molecule has 1 unspecified atom stereocenters. The SMILES string of the molecule is O=S1(=O)CCC1n1cc(-c2ncnc3oc(C4=CCNCC4)cc23)c(-c2ccc(F)cc2)n1. The van der Waals surface area contributed by atoms with Gasteiger partial charge in [0.25, 0.3) is 0 Å². The van der Waals surface area contributed by atoms with Crippen LogP contribution in [0.4, 0.5) is 4.39 Å². The van der Waals surface area contributed by atoms with Crippen molar-refractivity contribution in [1.82, 2.24) is 25.1 Å². The number of nitrogens with zero attached hydrogens (tertiary/aromatic N) is 4. The lowest BCUT2D eigenvalue weighted by Crippen LogP contribution is -2.33. The summed E-state index contributed by atoms with van der Waals surface area (Å²) < 4.78 is 45.6. The number of fused-ring (bicyclic) bond motifs is 1. The molecule has 1 N–H and O–H groups in total. The molecule has 1 atom stereocenters. The predicted octanol–water partition coefficient (Wildman–Crippen LogP) is 3.59. The van der Waals surface area contributed by atoms with Gasteiger partial charge in [0.1, 0.15) is 23.6 Å². The second-order valence-electron chi connectivity index (χ2n) is 8.22. The summed E-state index contributed by atoms with van der Waals surface area (Å²) in [6.07, 6.45) is 6.58. The Bertz CT molecular complexity index is 1500. The zero-order valence-electron chi connectivity index (χ0n) is 17.5. The molecule has 1 fully saturated rings. The predicted molar refractivity (Wildman–Crippen MR) is 121 cm³/mol. The molecule has 0 spiro atoms. The highest BCUT2D eigenvalue weighted by Gasteiger charge is 2.38. The second kappa shape index (κ2) is 7.60. The third-order valence-electron chi connectivity index (χ3n) is 6.17. The molecule has 3 aromatic heterocycles. The van der Waals surface area contributed by atoms with Crippen molar-refractivity contribution in [3.8, 4) is 22.5 Å². The van der Waals surface area contributed by atoms with Gasteiger partial charge in [0.15, 0.2) is 15.2 Å². The van der Waals surface area contributed by atoms with Crippen molar-refractivity contribution in [2.24, 2.45) is 0 Å². The molecular weight excluding hydrogens is 445 g/mol. The molecule has 168 valence electrons. The van der Waals surface area contributed by atoms with E-state index in [4.69, 9.17) is 4.42 Å². The van der Waals surface area contributed by atoms with E-state index in [1.165, 1.54) is 23.1 Å². The van der Waals surface area contributed by atoms with Crippen LogP contribution in [0, 0.1) is 5.82 Å². The van der Waals surface area contributed by atoms with Gasteiger partial charge in [-0.3, -0.25) is 4.68 Å². The monoisotopic (exact) mass is 465 g/mol. The third-order valence-corrected chi connectivity index (χ3v) is 8.26. The molecule has 0 radical (unpaired) electrons. The van der Waals surface area contributed by atoms with E-state index in [2.05, 4.69) is 26.5 Å². The smallest absolute Gasteiger partial charge is 0.230 e. The third kappa shape index (κ3) is 3.46. The first-order valence-corrected chi connectivity index (χ1v) is 12.4. The molecule has 0 aliphatic carbocycles. The number of halogens is 1. The summed E-state index contributed by atoms with van der Waals surface area (Å²) in [6.45, 7) is 1.65. The summed E-state index contributed by atoms with van der Waals surface area (Å²) in [4.78, 5) is 8.81. The summed E-state index contributed by atoms with van der Waals surface area (Å²) in [7, 11) is -3.23. The van der Waals surface area contributed by atoms with Crippen LogP contribution in [0.1, 0.15) is 24.0 Å². The number of benzene rings is 1. The number of rotatable bonds is 4. The fourth-order valence-electron chi connectivity index (χ4n) is 4.32. The number of aromatic nitrogens is 4. The minimum absolute atomic E-state index is 0.144. The molecule has 0 saturated carbocycles. The Hall–Kier alpha value is -3.37. The maximum atomic E-state index is 13.6. The summed E-state index contributed by atoms with van der Waals surface area (Å²) >= 11 is 0. The zero-order chi connectivity index (χ0) is 22.6. The van der Waals surface area contributed by atoms with Gasteiger partial charge in [-0.25, -0.2) is 22.8 Å². The molecular formula is C23H20FN5O3S. The average molecular weight is 466 g/mol. The first kappa shape index (κ1) is 20.3. The molecule has 0 amide bonds. The molecule has 6 rings (SSSR count). The molecule has 0 bridgehead atoms. The van der Waals surface area contributed by atoms with Gasteiger partial charge < -0.3 is 9.73 Å². The number of hydrogen-bond donors (Lipinski definition) is 1. The highest BCUT2D eigenvalue weighted by molar-refractivity contribution is 7.92. The van der Waals surface area contributed by atoms with Crippen molar-refractivity contribution in [2.45, 2.75) is 18.2 Å². The van der Waals surface area contributed by atoms with E-state index in [0.717, 1.165) is 30.8 Å². The van der Waals surface area contributed by atoms with Crippen LogP contribution < -0.4 is 5.32 Å². The average Bonchev–Trinajstić information content (AvgIpc) is 3.44. The van der Waals surface area contributed by atoms with Gasteiger partial charge in [0, 0.05) is 23.9 Å². The normalized spacial score (nSPS) is 19.9. The van der Waals surface area contributed by atoms with Gasteiger partial charge in [0.05, 0.1) is 16.8 Å². The largest absolute Gasteiger partial charge is 0.438 e. The molecule has 33 heavy (non-hydrogen) atoms. The minimum Gasteiger partial charge on any atom is -0.438 e. The second-order valence-corrected chi connectivity index (χ2v) is 10.5. The van der Waals surface area contributed by atoms with Crippen LogP contribution in [0.5, 0.6) is 0 Å². The zero-order valence-corrected chi connectivity index (χ0v) is 18.3. The van der Waals surface area contributed by atoms with Gasteiger partial charge in [0.2, 0.25) is 5.71 Å². The van der Waals surface area contributed by atoms with Crippen molar-refractivity contribution in [3.63, 3.8) is 0 Å². The highest BCUT2D eigenvalue weighted by Crippen LogP contribution is 2.39. The molecule has 4 aromatic rings. The summed E-state index contributed by atoms with van der Waals surface area (Å²) in [5.41, 5.74) is 3.98. The van der Waals surface area contributed by atoms with Crippen LogP contribution in [-0.2, 0) is 9.84 Å². The van der Waals surface area contributed by atoms with E-state index in [9.17, 15) is 12.8 Å². The van der Waals surface area contributed by atoms with E-state index in [-0.39, 0.29) is 11.6 Å². The molecule has 10 heteroatoms. The van der Waals surface area contributed by atoms with Crippen LogP contribution >= 0.6 is 0 Å². The Morgan fingerprint density at radius 3 is 2.70 bits per heavy atom. The van der Waals surface area contributed by atoms with Crippen LogP contribution in [0.15, 0.2) is 53.3 Å². The van der Waals surface area contributed by atoms with Crippen molar-refractivity contribution < 1.29 is 17.2 Å². The molecule has 1 saturated heterocycles. The highest BCUT2D eigenvalue weighted by atomic mass is 32.2. The Balaban J connectivity index is 1.53. The van der Waals surface area contributed by atoms with Crippen molar-refractivity contribution >= 4 is 26.5 Å². The fourth-order valence-corrected chi connectivity index (χ4v) is 5.59. The first-order valence-electron chi connectivity index (χ1n) is 10.7. The van der Waals surface area contributed by atoms with Gasteiger partial charge >= 0.3 is 0 Å². The topological polar surface area (TPSA) is 103 Å². The lowest BCUT2D eigenvalue weighted by molar-refractivity contribution is 0.474. The van der Waals surface area contributed by atoms with E-state index in [1.807, 2.05) is 6.07 Å². The van der Waals surface area contributed by atoms with Crippen LogP contribution in [0.2, 0.25) is 0 Å². The summed E-state index contributed by atoms with van der Waals surface area (Å²) in [5.74, 6) is 0.525. The van der Waals surface area contributed by atoms with E-state index >= 15 is 0 Å². The Morgan fingerprint density at radius 1 is 1.15 bits per heavy atom. The van der Waals surface area contributed by atoms with Crippen LogP contribution in [-0.4, -0.2) is 47.0 Å².